The smallest absolute Gasteiger partial charge is 0.326 e. The summed E-state index contributed by atoms with van der Waals surface area (Å²) in [5.74, 6) is -5.10. The van der Waals surface area contributed by atoms with Gasteiger partial charge in [-0.2, -0.15) is 0 Å². The van der Waals surface area contributed by atoms with Crippen LogP contribution in [0, 0.1) is 5.92 Å². The van der Waals surface area contributed by atoms with Crippen molar-refractivity contribution < 1.29 is 34.2 Å². The molecule has 3 aromatic rings. The maximum atomic E-state index is 13.7. The molecule has 0 radical (unpaired) electrons. The summed E-state index contributed by atoms with van der Waals surface area (Å²) < 4.78 is 0. The number of amides is 3. The van der Waals surface area contributed by atoms with E-state index in [2.05, 4.69) is 20.9 Å². The minimum absolute atomic E-state index is 0.0267. The van der Waals surface area contributed by atoms with E-state index in [1.807, 2.05) is 31.2 Å². The minimum atomic E-state index is -1.40. The predicted molar refractivity (Wildman–Crippen MR) is 155 cm³/mol. The molecule has 5 unspecified atom stereocenters. The van der Waals surface area contributed by atoms with Gasteiger partial charge in [0.2, 0.25) is 17.7 Å². The highest BCUT2D eigenvalue weighted by Gasteiger charge is 2.33. The van der Waals surface area contributed by atoms with Crippen LogP contribution in [0.5, 0.6) is 0 Å². The second kappa shape index (κ2) is 14.8. The molecule has 3 rings (SSSR count). The molecule has 1 aromatic heterocycles. The van der Waals surface area contributed by atoms with E-state index in [0.717, 1.165) is 10.9 Å². The highest BCUT2D eigenvalue weighted by molar-refractivity contribution is 5.95. The first kappa shape index (κ1) is 31.8. The van der Waals surface area contributed by atoms with Gasteiger partial charge in [0.25, 0.3) is 0 Å². The zero-order chi connectivity index (χ0) is 30.8. The molecule has 8 N–H and O–H groups in total. The number of H-pyrrole nitrogens is 1. The van der Waals surface area contributed by atoms with Gasteiger partial charge in [-0.25, -0.2) is 4.79 Å². The van der Waals surface area contributed by atoms with Crippen molar-refractivity contribution in [3.8, 4) is 0 Å². The third kappa shape index (κ3) is 8.64. The number of carbonyl (C=O) groups excluding carboxylic acids is 3. The van der Waals surface area contributed by atoms with E-state index in [1.54, 1.807) is 43.5 Å². The van der Waals surface area contributed by atoms with Gasteiger partial charge in [-0.15, -0.1) is 0 Å². The zero-order valence-electron chi connectivity index (χ0n) is 23.5. The van der Waals surface area contributed by atoms with Gasteiger partial charge in [0.05, 0.1) is 12.5 Å². The zero-order valence-corrected chi connectivity index (χ0v) is 23.5. The molecular formula is C30H37N5O7. The first-order valence-electron chi connectivity index (χ1n) is 13.7. The summed E-state index contributed by atoms with van der Waals surface area (Å²) in [5.41, 5.74) is 7.97. The van der Waals surface area contributed by atoms with E-state index < -0.39 is 60.2 Å². The Bertz CT molecular complexity index is 1410. The highest BCUT2D eigenvalue weighted by atomic mass is 16.4. The molecule has 3 amide bonds. The van der Waals surface area contributed by atoms with Crippen molar-refractivity contribution in [2.45, 2.75) is 63.7 Å². The van der Waals surface area contributed by atoms with Crippen LogP contribution in [0.2, 0.25) is 0 Å². The number of para-hydroxylation sites is 1. The first-order valence-corrected chi connectivity index (χ1v) is 13.7. The second-order valence-electron chi connectivity index (χ2n) is 10.3. The first-order chi connectivity index (χ1) is 20.0. The number of nitrogens with two attached hydrogens (primary N) is 1. The number of carboxylic acid groups (broad SMARTS) is 2. The lowest BCUT2D eigenvalue weighted by atomic mass is 9.97. The van der Waals surface area contributed by atoms with Crippen LogP contribution in [0.25, 0.3) is 10.9 Å². The lowest BCUT2D eigenvalue weighted by molar-refractivity contribution is -0.143. The second-order valence-corrected chi connectivity index (χ2v) is 10.3. The maximum Gasteiger partial charge on any atom is 0.326 e. The summed E-state index contributed by atoms with van der Waals surface area (Å²) in [6.07, 6.45) is 1.64. The quantitative estimate of drug-likeness (QED) is 0.140. The molecule has 12 nitrogen and oxygen atoms in total. The minimum Gasteiger partial charge on any atom is -0.481 e. The molecule has 12 heteroatoms. The molecule has 1 heterocycles. The van der Waals surface area contributed by atoms with Crippen molar-refractivity contribution in [3.05, 3.63) is 71.9 Å². The molecule has 0 aliphatic heterocycles. The van der Waals surface area contributed by atoms with Crippen LogP contribution < -0.4 is 21.7 Å². The molecule has 0 spiro atoms. The monoisotopic (exact) mass is 579 g/mol. The number of aliphatic carboxylic acids is 2. The summed E-state index contributed by atoms with van der Waals surface area (Å²) >= 11 is 0. The Morgan fingerprint density at radius 3 is 2.07 bits per heavy atom. The average Bonchev–Trinajstić information content (AvgIpc) is 3.37. The normalized spacial score (nSPS) is 14.6. The van der Waals surface area contributed by atoms with Crippen molar-refractivity contribution in [2.75, 3.05) is 0 Å². The van der Waals surface area contributed by atoms with Gasteiger partial charge in [0.1, 0.15) is 18.1 Å². The summed E-state index contributed by atoms with van der Waals surface area (Å²) in [7, 11) is 0. The van der Waals surface area contributed by atoms with Crippen molar-refractivity contribution in [2.24, 2.45) is 11.7 Å². The van der Waals surface area contributed by atoms with Crippen LogP contribution in [0.4, 0.5) is 0 Å². The lowest BCUT2D eigenvalue weighted by Gasteiger charge is -2.26. The summed E-state index contributed by atoms with van der Waals surface area (Å²) in [6, 6.07) is 11.2. The van der Waals surface area contributed by atoms with Gasteiger partial charge in [-0.05, 0) is 23.1 Å². The summed E-state index contributed by atoms with van der Waals surface area (Å²) in [4.78, 5) is 66.0. The molecule has 0 saturated carbocycles. The van der Waals surface area contributed by atoms with Crippen molar-refractivity contribution in [1.29, 1.82) is 0 Å². The number of benzene rings is 2. The molecule has 0 aliphatic rings. The molecule has 5 atom stereocenters. The predicted octanol–water partition coefficient (Wildman–Crippen LogP) is 1.34. The Morgan fingerprint density at radius 1 is 0.833 bits per heavy atom. The number of fused-ring (bicyclic) bond motifs is 1. The van der Waals surface area contributed by atoms with Gasteiger partial charge in [0, 0.05) is 29.9 Å². The lowest BCUT2D eigenvalue weighted by Crippen LogP contribution is -2.58. The van der Waals surface area contributed by atoms with Gasteiger partial charge in [0.15, 0.2) is 0 Å². The van der Waals surface area contributed by atoms with Crippen LogP contribution in [-0.2, 0) is 36.8 Å². The molecule has 0 bridgehead atoms. The largest absolute Gasteiger partial charge is 0.481 e. The molecule has 42 heavy (non-hydrogen) atoms. The Morgan fingerprint density at radius 2 is 1.43 bits per heavy atom. The number of rotatable bonds is 15. The van der Waals surface area contributed by atoms with Crippen LogP contribution in [0.15, 0.2) is 60.8 Å². The van der Waals surface area contributed by atoms with Crippen LogP contribution in [0.1, 0.15) is 37.8 Å². The number of aromatic nitrogens is 1. The van der Waals surface area contributed by atoms with Crippen molar-refractivity contribution in [3.63, 3.8) is 0 Å². The average molecular weight is 580 g/mol. The number of aromatic amines is 1. The van der Waals surface area contributed by atoms with Gasteiger partial charge in [-0.3, -0.25) is 19.2 Å². The molecule has 0 aliphatic carbocycles. The third-order valence-corrected chi connectivity index (χ3v) is 7.16. The highest BCUT2D eigenvalue weighted by Crippen LogP contribution is 2.20. The van der Waals surface area contributed by atoms with E-state index in [9.17, 15) is 29.1 Å². The molecule has 2 aromatic carbocycles. The van der Waals surface area contributed by atoms with E-state index in [0.29, 0.717) is 17.5 Å². The van der Waals surface area contributed by atoms with Crippen LogP contribution in [0.3, 0.4) is 0 Å². The van der Waals surface area contributed by atoms with Crippen molar-refractivity contribution >= 4 is 40.6 Å². The Kier molecular flexibility index (Phi) is 11.2. The summed E-state index contributed by atoms with van der Waals surface area (Å²) in [5, 5.41) is 27.4. The number of carboxylic acids is 2. The topological polar surface area (TPSA) is 204 Å². The Labute approximate surface area is 243 Å². The van der Waals surface area contributed by atoms with Crippen molar-refractivity contribution in [1.82, 2.24) is 20.9 Å². The number of nitrogens with one attached hydrogen (secondary N) is 4. The van der Waals surface area contributed by atoms with Crippen LogP contribution >= 0.6 is 0 Å². The summed E-state index contributed by atoms with van der Waals surface area (Å²) in [6.45, 7) is 3.52. The van der Waals surface area contributed by atoms with E-state index in [-0.39, 0.29) is 18.8 Å². The van der Waals surface area contributed by atoms with Gasteiger partial charge in [-0.1, -0.05) is 68.8 Å². The number of hydrogen-bond acceptors (Lipinski definition) is 6. The van der Waals surface area contributed by atoms with Crippen LogP contribution in [-0.4, -0.2) is 69.0 Å². The fourth-order valence-electron chi connectivity index (χ4n) is 4.56. The maximum absolute atomic E-state index is 13.7. The third-order valence-electron chi connectivity index (χ3n) is 7.16. The van der Waals surface area contributed by atoms with E-state index >= 15 is 0 Å². The fourth-order valence-corrected chi connectivity index (χ4v) is 4.56. The van der Waals surface area contributed by atoms with E-state index in [4.69, 9.17) is 10.8 Å². The molecular weight excluding hydrogens is 542 g/mol. The van der Waals surface area contributed by atoms with Gasteiger partial charge >= 0.3 is 11.9 Å². The Hall–Kier alpha value is -4.71. The molecule has 0 fully saturated rings. The Balaban J connectivity index is 1.91. The number of hydrogen-bond donors (Lipinski definition) is 7. The standard InChI is InChI=1S/C30H37N5O7/c1-3-17(2)26(30(41)42)35-29(40)24(14-19-16-32-22-12-8-7-11-20(19)22)34-28(39)23(13-18-9-5-4-6-10-18)33-27(38)21(31)15-25(36)37/h4-12,16-17,21,23-24,26,32H,3,13-15,31H2,1-2H3,(H,33,38)(H,34,39)(H,35,40)(H,36,37)(H,41,42). The molecule has 0 saturated heterocycles. The van der Waals surface area contributed by atoms with E-state index in [1.165, 1.54) is 0 Å². The SMILES string of the molecule is CCC(C)C(NC(=O)C(Cc1c[nH]c2ccccc12)NC(=O)C(Cc1ccccc1)NC(=O)C(N)CC(=O)O)C(=O)O. The molecule has 224 valence electrons. The van der Waals surface area contributed by atoms with Gasteiger partial charge < -0.3 is 36.9 Å². The number of carbonyl (C=O) groups is 5. The fraction of sp³-hybridized carbons (Fsp3) is 0.367.